The van der Waals surface area contributed by atoms with E-state index in [1.807, 2.05) is 0 Å². The Morgan fingerprint density at radius 1 is 1.05 bits per heavy atom. The van der Waals surface area contributed by atoms with E-state index in [9.17, 15) is 4.79 Å². The first kappa shape index (κ1) is 13.3. The maximum atomic E-state index is 11.9. The number of carbonyl (C=O) groups is 1. The van der Waals surface area contributed by atoms with E-state index in [-0.39, 0.29) is 5.91 Å². The van der Waals surface area contributed by atoms with Crippen LogP contribution in [0, 0.1) is 0 Å². The molecule has 3 N–H and O–H groups in total. The third-order valence-corrected chi connectivity index (χ3v) is 4.99. The molecule has 0 aromatic heterocycles. The first-order chi connectivity index (χ1) is 9.14. The van der Waals surface area contributed by atoms with Crippen molar-refractivity contribution in [3.8, 4) is 0 Å². The Kier molecular flexibility index (Phi) is 3.53. The lowest BCUT2D eigenvalue weighted by Crippen LogP contribution is -2.61. The molecule has 5 nitrogen and oxygen atoms in total. The van der Waals surface area contributed by atoms with Gasteiger partial charge in [0, 0.05) is 18.9 Å². The zero-order valence-electron chi connectivity index (χ0n) is 11.5. The number of hydrogen-bond acceptors (Lipinski definition) is 4. The fourth-order valence-electron chi connectivity index (χ4n) is 3.77. The van der Waals surface area contributed by atoms with Crippen molar-refractivity contribution in [2.75, 3.05) is 13.2 Å². The van der Waals surface area contributed by atoms with E-state index in [1.54, 1.807) is 0 Å². The van der Waals surface area contributed by atoms with Gasteiger partial charge in [-0.3, -0.25) is 4.79 Å². The summed E-state index contributed by atoms with van der Waals surface area (Å²) in [6, 6.07) is 0.451. The van der Waals surface area contributed by atoms with E-state index in [1.165, 1.54) is 12.8 Å². The van der Waals surface area contributed by atoms with Crippen LogP contribution in [0.5, 0.6) is 0 Å². The highest BCUT2D eigenvalue weighted by Gasteiger charge is 2.49. The molecule has 2 aliphatic carbocycles. The van der Waals surface area contributed by atoms with Crippen LogP contribution in [0.2, 0.25) is 0 Å². The quantitative estimate of drug-likeness (QED) is 0.802. The molecule has 108 valence electrons. The normalized spacial score (nSPS) is 29.9. The summed E-state index contributed by atoms with van der Waals surface area (Å²) in [5.41, 5.74) is 5.14. The molecule has 3 fully saturated rings. The molecule has 0 aromatic carbocycles. The molecule has 1 saturated heterocycles. The molecule has 0 aromatic rings. The van der Waals surface area contributed by atoms with Crippen LogP contribution in [0.3, 0.4) is 0 Å². The molecule has 5 heteroatoms. The van der Waals surface area contributed by atoms with Gasteiger partial charge < -0.3 is 20.5 Å². The zero-order chi connectivity index (χ0) is 13.3. The molecular weight excluding hydrogens is 244 g/mol. The second kappa shape index (κ2) is 5.04. The fourth-order valence-corrected chi connectivity index (χ4v) is 3.77. The molecule has 1 aliphatic heterocycles. The van der Waals surface area contributed by atoms with Crippen molar-refractivity contribution in [3.05, 3.63) is 0 Å². The maximum absolute atomic E-state index is 11.9. The summed E-state index contributed by atoms with van der Waals surface area (Å²) < 4.78 is 11.4. The number of primary amides is 1. The minimum Gasteiger partial charge on any atom is -0.368 e. The summed E-state index contributed by atoms with van der Waals surface area (Å²) >= 11 is 0. The maximum Gasteiger partial charge on any atom is 0.237 e. The van der Waals surface area contributed by atoms with Crippen molar-refractivity contribution >= 4 is 5.91 Å². The smallest absolute Gasteiger partial charge is 0.237 e. The molecule has 2 saturated carbocycles. The molecule has 3 aliphatic rings. The van der Waals surface area contributed by atoms with Crippen molar-refractivity contribution in [2.24, 2.45) is 5.73 Å². The molecule has 1 spiro atoms. The summed E-state index contributed by atoms with van der Waals surface area (Å²) in [5, 5.41) is 3.55. The molecule has 1 amide bonds. The Balaban J connectivity index is 1.67. The van der Waals surface area contributed by atoms with E-state index in [4.69, 9.17) is 15.2 Å². The number of amides is 1. The summed E-state index contributed by atoms with van der Waals surface area (Å²) in [6.45, 7) is 1.33. The highest BCUT2D eigenvalue weighted by Crippen LogP contribution is 2.41. The Morgan fingerprint density at radius 2 is 1.63 bits per heavy atom. The van der Waals surface area contributed by atoms with E-state index in [2.05, 4.69) is 5.32 Å². The number of rotatable bonds is 3. The summed E-state index contributed by atoms with van der Waals surface area (Å²) in [4.78, 5) is 11.9. The summed E-state index contributed by atoms with van der Waals surface area (Å²) in [7, 11) is 0. The average Bonchev–Trinajstić information content (AvgIpc) is 3.04. The number of nitrogens with two attached hydrogens (primary N) is 1. The average molecular weight is 268 g/mol. The van der Waals surface area contributed by atoms with E-state index in [0.29, 0.717) is 19.3 Å². The van der Waals surface area contributed by atoms with Crippen LogP contribution in [-0.2, 0) is 14.3 Å². The second-order valence-electron chi connectivity index (χ2n) is 6.18. The number of hydrogen-bond donors (Lipinski definition) is 2. The van der Waals surface area contributed by atoms with Crippen molar-refractivity contribution < 1.29 is 14.3 Å². The molecule has 3 rings (SSSR count). The van der Waals surface area contributed by atoms with Gasteiger partial charge in [-0.15, -0.1) is 0 Å². The highest BCUT2D eigenvalue weighted by atomic mass is 16.7. The lowest BCUT2D eigenvalue weighted by molar-refractivity contribution is -0.187. The lowest BCUT2D eigenvalue weighted by atomic mass is 9.77. The van der Waals surface area contributed by atoms with Gasteiger partial charge in [-0.2, -0.15) is 0 Å². The minimum absolute atomic E-state index is 0.216. The first-order valence-corrected chi connectivity index (χ1v) is 7.50. The van der Waals surface area contributed by atoms with Gasteiger partial charge in [0.15, 0.2) is 5.79 Å². The largest absolute Gasteiger partial charge is 0.368 e. The fraction of sp³-hybridized carbons (Fsp3) is 0.929. The van der Waals surface area contributed by atoms with Crippen LogP contribution in [0.4, 0.5) is 0 Å². The van der Waals surface area contributed by atoms with Gasteiger partial charge in [-0.05, 0) is 25.7 Å². The van der Waals surface area contributed by atoms with Crippen LogP contribution in [-0.4, -0.2) is 36.5 Å². The van der Waals surface area contributed by atoms with Crippen LogP contribution in [0.15, 0.2) is 0 Å². The van der Waals surface area contributed by atoms with E-state index in [0.717, 1.165) is 38.5 Å². The monoisotopic (exact) mass is 268 g/mol. The van der Waals surface area contributed by atoms with Crippen LogP contribution in [0.1, 0.15) is 51.4 Å². The van der Waals surface area contributed by atoms with E-state index < -0.39 is 11.3 Å². The zero-order valence-corrected chi connectivity index (χ0v) is 11.5. The number of ether oxygens (including phenoxy) is 2. The highest BCUT2D eigenvalue weighted by molar-refractivity contribution is 5.84. The summed E-state index contributed by atoms with van der Waals surface area (Å²) in [6.07, 6.45) is 7.79. The van der Waals surface area contributed by atoms with Gasteiger partial charge in [0.1, 0.15) is 0 Å². The Bertz CT molecular complexity index is 337. The third-order valence-electron chi connectivity index (χ3n) is 4.99. The molecular formula is C14H24N2O3. The summed E-state index contributed by atoms with van der Waals surface area (Å²) in [5.74, 6) is -0.650. The predicted molar refractivity (Wildman–Crippen MR) is 70.4 cm³/mol. The molecule has 1 heterocycles. The van der Waals surface area contributed by atoms with Crippen LogP contribution < -0.4 is 11.1 Å². The topological polar surface area (TPSA) is 73.6 Å². The lowest BCUT2D eigenvalue weighted by Gasteiger charge is -2.43. The standard InChI is InChI=1S/C14H24N2O3/c15-12(17)13(16-11-3-1-2-4-11)5-7-14(8-6-13)18-9-10-19-14/h11,16H,1-10H2,(H2,15,17). The van der Waals surface area contributed by atoms with Crippen molar-refractivity contribution in [1.82, 2.24) is 5.32 Å². The number of carbonyl (C=O) groups excluding carboxylic acids is 1. The molecule has 0 unspecified atom stereocenters. The van der Waals surface area contributed by atoms with Crippen molar-refractivity contribution in [3.63, 3.8) is 0 Å². The molecule has 0 atom stereocenters. The van der Waals surface area contributed by atoms with Crippen molar-refractivity contribution in [1.29, 1.82) is 0 Å². The molecule has 0 bridgehead atoms. The van der Waals surface area contributed by atoms with Gasteiger partial charge >= 0.3 is 0 Å². The number of nitrogens with one attached hydrogen (secondary N) is 1. The van der Waals surface area contributed by atoms with Gasteiger partial charge in [-0.25, -0.2) is 0 Å². The first-order valence-electron chi connectivity index (χ1n) is 7.50. The predicted octanol–water partition coefficient (Wildman–Crippen LogP) is 1.06. The Hall–Kier alpha value is -0.650. The van der Waals surface area contributed by atoms with Gasteiger partial charge in [-0.1, -0.05) is 12.8 Å². The van der Waals surface area contributed by atoms with Gasteiger partial charge in [0.05, 0.1) is 18.8 Å². The molecule has 19 heavy (non-hydrogen) atoms. The van der Waals surface area contributed by atoms with Crippen LogP contribution >= 0.6 is 0 Å². The van der Waals surface area contributed by atoms with Crippen molar-refractivity contribution in [2.45, 2.75) is 68.7 Å². The van der Waals surface area contributed by atoms with Gasteiger partial charge in [0.2, 0.25) is 5.91 Å². The van der Waals surface area contributed by atoms with Crippen LogP contribution in [0.25, 0.3) is 0 Å². The van der Waals surface area contributed by atoms with E-state index >= 15 is 0 Å². The van der Waals surface area contributed by atoms with Gasteiger partial charge in [0.25, 0.3) is 0 Å². The Morgan fingerprint density at radius 3 is 2.16 bits per heavy atom. The Labute approximate surface area is 114 Å². The second-order valence-corrected chi connectivity index (χ2v) is 6.18. The molecule has 0 radical (unpaired) electrons. The minimum atomic E-state index is -0.546. The SMILES string of the molecule is NC(=O)C1(NC2CCCC2)CCC2(CC1)OCCO2. The third kappa shape index (κ3) is 2.51.